The van der Waals surface area contributed by atoms with Gasteiger partial charge in [-0.3, -0.25) is 19.3 Å². The standard InChI is InChI=1S/C19H22N6O2/c1-12-15(13-3-5-20-6-4-13)19(26)25(17-16(12)22-8-9-23-17)11-14-18(27-2)24-10-7-21-14/h7-10,13,20H,3-6,11H2,1-2H3. The minimum absolute atomic E-state index is 0.0277. The minimum Gasteiger partial charge on any atom is -0.480 e. The van der Waals surface area contributed by atoms with Gasteiger partial charge in [-0.1, -0.05) is 0 Å². The molecular formula is C19H22N6O2. The Hall–Kier alpha value is -2.87. The molecule has 0 amide bonds. The molecule has 8 nitrogen and oxygen atoms in total. The Labute approximate surface area is 156 Å². The van der Waals surface area contributed by atoms with E-state index in [-0.39, 0.29) is 18.0 Å². The monoisotopic (exact) mass is 366 g/mol. The first-order chi connectivity index (χ1) is 13.2. The molecule has 0 aliphatic carbocycles. The predicted molar refractivity (Wildman–Crippen MR) is 101 cm³/mol. The van der Waals surface area contributed by atoms with Crippen molar-refractivity contribution in [3.8, 4) is 5.88 Å². The summed E-state index contributed by atoms with van der Waals surface area (Å²) in [4.78, 5) is 31.0. The van der Waals surface area contributed by atoms with Gasteiger partial charge in [-0.25, -0.2) is 9.97 Å². The van der Waals surface area contributed by atoms with E-state index in [2.05, 4.69) is 25.3 Å². The van der Waals surface area contributed by atoms with Crippen LogP contribution in [0.1, 0.15) is 35.6 Å². The quantitative estimate of drug-likeness (QED) is 0.746. The number of pyridine rings is 1. The lowest BCUT2D eigenvalue weighted by atomic mass is 9.88. The second kappa shape index (κ2) is 7.40. The summed E-state index contributed by atoms with van der Waals surface area (Å²) in [5.41, 5.74) is 3.65. The zero-order valence-electron chi connectivity index (χ0n) is 15.5. The van der Waals surface area contributed by atoms with Crippen LogP contribution in [0.2, 0.25) is 0 Å². The molecule has 8 heteroatoms. The highest BCUT2D eigenvalue weighted by atomic mass is 16.5. The average Bonchev–Trinajstić information content (AvgIpc) is 2.72. The lowest BCUT2D eigenvalue weighted by molar-refractivity contribution is 0.387. The zero-order chi connectivity index (χ0) is 18.8. The summed E-state index contributed by atoms with van der Waals surface area (Å²) >= 11 is 0. The minimum atomic E-state index is -0.0277. The van der Waals surface area contributed by atoms with Crippen LogP contribution in [0.4, 0.5) is 0 Å². The molecule has 0 aromatic carbocycles. The average molecular weight is 366 g/mol. The van der Waals surface area contributed by atoms with Gasteiger partial charge < -0.3 is 10.1 Å². The predicted octanol–water partition coefficient (Wildman–Crippen LogP) is 1.41. The van der Waals surface area contributed by atoms with Crippen molar-refractivity contribution in [3.05, 3.63) is 52.0 Å². The van der Waals surface area contributed by atoms with E-state index in [1.54, 1.807) is 36.5 Å². The molecule has 4 rings (SSSR count). The van der Waals surface area contributed by atoms with Gasteiger partial charge in [0.2, 0.25) is 5.88 Å². The van der Waals surface area contributed by atoms with Crippen LogP contribution in [-0.4, -0.2) is 44.7 Å². The van der Waals surface area contributed by atoms with Crippen molar-refractivity contribution >= 4 is 11.2 Å². The SMILES string of the molecule is COc1nccnc1Cn1c(=O)c(C2CCNCC2)c(C)c2nccnc21. The lowest BCUT2D eigenvalue weighted by Crippen LogP contribution is -2.33. The number of fused-ring (bicyclic) bond motifs is 1. The molecule has 0 saturated carbocycles. The van der Waals surface area contributed by atoms with Crippen molar-refractivity contribution in [2.75, 3.05) is 20.2 Å². The topological polar surface area (TPSA) is 94.8 Å². The molecule has 3 aromatic rings. The summed E-state index contributed by atoms with van der Waals surface area (Å²) in [6.45, 7) is 4.05. The molecular weight excluding hydrogens is 344 g/mol. The van der Waals surface area contributed by atoms with Crippen molar-refractivity contribution in [1.29, 1.82) is 0 Å². The molecule has 0 bridgehead atoms. The van der Waals surface area contributed by atoms with E-state index in [0.717, 1.165) is 42.6 Å². The number of nitrogens with zero attached hydrogens (tertiary/aromatic N) is 5. The normalized spacial score (nSPS) is 15.2. The summed E-state index contributed by atoms with van der Waals surface area (Å²) in [6, 6.07) is 0. The molecule has 1 fully saturated rings. The third-order valence-corrected chi connectivity index (χ3v) is 5.15. The first kappa shape index (κ1) is 17.5. The number of hydrogen-bond donors (Lipinski definition) is 1. The van der Waals surface area contributed by atoms with Crippen molar-refractivity contribution < 1.29 is 4.74 Å². The molecule has 3 aromatic heterocycles. The summed E-state index contributed by atoms with van der Waals surface area (Å²) in [5, 5.41) is 3.36. The van der Waals surface area contributed by atoms with E-state index in [1.165, 1.54) is 0 Å². The highest BCUT2D eigenvalue weighted by molar-refractivity contribution is 5.75. The van der Waals surface area contributed by atoms with Crippen LogP contribution in [-0.2, 0) is 6.54 Å². The van der Waals surface area contributed by atoms with Crippen LogP contribution in [0.5, 0.6) is 5.88 Å². The molecule has 1 aliphatic heterocycles. The third kappa shape index (κ3) is 3.16. The Morgan fingerprint density at radius 2 is 1.81 bits per heavy atom. The van der Waals surface area contributed by atoms with E-state index in [9.17, 15) is 4.79 Å². The van der Waals surface area contributed by atoms with Crippen LogP contribution in [0, 0.1) is 6.92 Å². The Morgan fingerprint density at radius 3 is 2.59 bits per heavy atom. The number of aryl methyl sites for hydroxylation is 1. The van der Waals surface area contributed by atoms with Crippen molar-refractivity contribution in [2.45, 2.75) is 32.2 Å². The van der Waals surface area contributed by atoms with Crippen LogP contribution in [0.25, 0.3) is 11.2 Å². The maximum absolute atomic E-state index is 13.5. The molecule has 0 spiro atoms. The van der Waals surface area contributed by atoms with E-state index in [0.29, 0.717) is 17.2 Å². The van der Waals surface area contributed by atoms with Gasteiger partial charge in [-0.2, -0.15) is 0 Å². The first-order valence-electron chi connectivity index (χ1n) is 9.09. The number of ether oxygens (including phenoxy) is 1. The van der Waals surface area contributed by atoms with E-state index in [4.69, 9.17) is 4.74 Å². The number of methoxy groups -OCH3 is 1. The summed E-state index contributed by atoms with van der Waals surface area (Å²) in [6.07, 6.45) is 8.32. The fourth-order valence-corrected chi connectivity index (χ4v) is 3.84. The lowest BCUT2D eigenvalue weighted by Gasteiger charge is -2.25. The second-order valence-corrected chi connectivity index (χ2v) is 6.70. The van der Waals surface area contributed by atoms with Gasteiger partial charge in [-0.05, 0) is 44.3 Å². The van der Waals surface area contributed by atoms with Gasteiger partial charge in [0.15, 0.2) is 5.65 Å². The number of hydrogen-bond acceptors (Lipinski definition) is 7. The summed E-state index contributed by atoms with van der Waals surface area (Å²) in [7, 11) is 1.55. The Morgan fingerprint density at radius 1 is 1.11 bits per heavy atom. The maximum atomic E-state index is 13.5. The second-order valence-electron chi connectivity index (χ2n) is 6.70. The number of rotatable bonds is 4. The number of nitrogens with one attached hydrogen (secondary N) is 1. The summed E-state index contributed by atoms with van der Waals surface area (Å²) in [5.74, 6) is 0.630. The van der Waals surface area contributed by atoms with Gasteiger partial charge >= 0.3 is 0 Å². The maximum Gasteiger partial charge on any atom is 0.256 e. The number of aromatic nitrogens is 5. The van der Waals surface area contributed by atoms with Gasteiger partial charge in [0.1, 0.15) is 11.2 Å². The van der Waals surface area contributed by atoms with Gasteiger partial charge in [0, 0.05) is 30.4 Å². The largest absolute Gasteiger partial charge is 0.480 e. The van der Waals surface area contributed by atoms with Crippen LogP contribution in [0.15, 0.2) is 29.6 Å². The molecule has 0 radical (unpaired) electrons. The molecule has 1 N–H and O–H groups in total. The highest BCUT2D eigenvalue weighted by Gasteiger charge is 2.25. The van der Waals surface area contributed by atoms with E-state index >= 15 is 0 Å². The van der Waals surface area contributed by atoms with Crippen molar-refractivity contribution in [3.63, 3.8) is 0 Å². The van der Waals surface area contributed by atoms with Crippen molar-refractivity contribution in [2.24, 2.45) is 0 Å². The molecule has 140 valence electrons. The molecule has 0 unspecified atom stereocenters. The molecule has 1 saturated heterocycles. The summed E-state index contributed by atoms with van der Waals surface area (Å²) < 4.78 is 6.96. The molecule has 0 atom stereocenters. The Bertz CT molecular complexity index is 1030. The van der Waals surface area contributed by atoms with Gasteiger partial charge in [0.25, 0.3) is 5.56 Å². The van der Waals surface area contributed by atoms with Gasteiger partial charge in [0.05, 0.1) is 13.7 Å². The highest BCUT2D eigenvalue weighted by Crippen LogP contribution is 2.28. The fraction of sp³-hybridized carbons (Fsp3) is 0.421. The molecule has 1 aliphatic rings. The Balaban J connectivity index is 1.92. The van der Waals surface area contributed by atoms with Crippen LogP contribution >= 0.6 is 0 Å². The Kier molecular flexibility index (Phi) is 4.81. The molecule has 27 heavy (non-hydrogen) atoms. The third-order valence-electron chi connectivity index (χ3n) is 5.15. The zero-order valence-corrected chi connectivity index (χ0v) is 15.5. The van der Waals surface area contributed by atoms with Gasteiger partial charge in [-0.15, -0.1) is 0 Å². The van der Waals surface area contributed by atoms with Crippen LogP contribution < -0.4 is 15.6 Å². The first-order valence-corrected chi connectivity index (χ1v) is 9.09. The van der Waals surface area contributed by atoms with Crippen LogP contribution in [0.3, 0.4) is 0 Å². The number of piperidine rings is 1. The van der Waals surface area contributed by atoms with Crippen molar-refractivity contribution in [1.82, 2.24) is 29.8 Å². The van der Waals surface area contributed by atoms with E-state index < -0.39 is 0 Å². The smallest absolute Gasteiger partial charge is 0.256 e. The molecule has 4 heterocycles. The van der Waals surface area contributed by atoms with E-state index in [1.807, 2.05) is 6.92 Å². The fourth-order valence-electron chi connectivity index (χ4n) is 3.84.